The van der Waals surface area contributed by atoms with Gasteiger partial charge in [-0.15, -0.1) is 0 Å². The summed E-state index contributed by atoms with van der Waals surface area (Å²) >= 11 is 0. The second-order valence-corrected chi connectivity index (χ2v) is 4.49. The van der Waals surface area contributed by atoms with Crippen LogP contribution in [0.5, 0.6) is 11.5 Å². The minimum Gasteiger partial charge on any atom is -0.496 e. The van der Waals surface area contributed by atoms with Crippen molar-refractivity contribution < 1.29 is 14.3 Å². The number of hydrogen-bond donors (Lipinski definition) is 1. The van der Waals surface area contributed by atoms with E-state index in [9.17, 15) is 4.79 Å². The molecule has 114 valence electrons. The van der Waals surface area contributed by atoms with Gasteiger partial charge in [0.25, 0.3) is 0 Å². The first kappa shape index (κ1) is 15.6. The molecule has 0 fully saturated rings. The van der Waals surface area contributed by atoms with E-state index < -0.39 is 0 Å². The number of rotatable bonds is 6. The van der Waals surface area contributed by atoms with Crippen LogP contribution in [0.1, 0.15) is 11.1 Å². The monoisotopic (exact) mass is 298 g/mol. The summed E-state index contributed by atoms with van der Waals surface area (Å²) in [7, 11) is 3.16. The van der Waals surface area contributed by atoms with Gasteiger partial charge in [-0.05, 0) is 29.8 Å². The van der Waals surface area contributed by atoms with Gasteiger partial charge >= 0.3 is 0 Å². The van der Waals surface area contributed by atoms with Gasteiger partial charge in [0, 0.05) is 25.0 Å². The van der Waals surface area contributed by atoms with Crippen molar-refractivity contribution >= 4 is 12.0 Å². The highest BCUT2D eigenvalue weighted by atomic mass is 16.5. The first-order valence-electron chi connectivity index (χ1n) is 6.80. The van der Waals surface area contributed by atoms with Gasteiger partial charge in [0.05, 0.1) is 19.8 Å². The predicted molar refractivity (Wildman–Crippen MR) is 84.7 cm³/mol. The SMILES string of the molecule is COc1cccc(OC)c1/C=C/C(=O)NCc1cccnc1. The Hall–Kier alpha value is -2.82. The van der Waals surface area contributed by atoms with E-state index in [4.69, 9.17) is 9.47 Å². The third-order valence-electron chi connectivity index (χ3n) is 3.06. The minimum atomic E-state index is -0.197. The zero-order valence-corrected chi connectivity index (χ0v) is 12.6. The highest BCUT2D eigenvalue weighted by Crippen LogP contribution is 2.29. The van der Waals surface area contributed by atoms with Crippen LogP contribution in [0.2, 0.25) is 0 Å². The van der Waals surface area contributed by atoms with Crippen LogP contribution in [0.15, 0.2) is 48.8 Å². The Morgan fingerprint density at radius 3 is 2.50 bits per heavy atom. The summed E-state index contributed by atoms with van der Waals surface area (Å²) in [5.74, 6) is 1.10. The lowest BCUT2D eigenvalue weighted by molar-refractivity contribution is -0.116. The van der Waals surface area contributed by atoms with E-state index in [1.165, 1.54) is 6.08 Å². The summed E-state index contributed by atoms with van der Waals surface area (Å²) in [6.45, 7) is 0.431. The van der Waals surface area contributed by atoms with Crippen molar-refractivity contribution in [1.29, 1.82) is 0 Å². The van der Waals surface area contributed by atoms with E-state index in [0.717, 1.165) is 11.1 Å². The Balaban J connectivity index is 2.03. The van der Waals surface area contributed by atoms with Crippen molar-refractivity contribution in [3.05, 3.63) is 59.9 Å². The molecular formula is C17H18N2O3. The molecule has 0 aliphatic heterocycles. The van der Waals surface area contributed by atoms with Crippen LogP contribution in [0.4, 0.5) is 0 Å². The number of benzene rings is 1. The molecule has 0 saturated heterocycles. The molecule has 0 unspecified atom stereocenters. The van der Waals surface area contributed by atoms with Crippen molar-refractivity contribution in [3.8, 4) is 11.5 Å². The average molecular weight is 298 g/mol. The molecule has 0 spiro atoms. The van der Waals surface area contributed by atoms with E-state index >= 15 is 0 Å². The van der Waals surface area contributed by atoms with Gasteiger partial charge < -0.3 is 14.8 Å². The summed E-state index contributed by atoms with van der Waals surface area (Å²) in [5, 5.41) is 2.80. The third kappa shape index (κ3) is 4.09. The van der Waals surface area contributed by atoms with Gasteiger partial charge in [-0.2, -0.15) is 0 Å². The quantitative estimate of drug-likeness (QED) is 0.832. The molecule has 1 amide bonds. The fourth-order valence-corrected chi connectivity index (χ4v) is 1.95. The standard InChI is InChI=1S/C17H18N2O3/c1-21-15-6-3-7-16(22-2)14(15)8-9-17(20)19-12-13-5-4-10-18-11-13/h3-11H,12H2,1-2H3,(H,19,20)/b9-8+. The van der Waals surface area contributed by atoms with Gasteiger partial charge in [0.1, 0.15) is 11.5 Å². The van der Waals surface area contributed by atoms with Crippen LogP contribution in [-0.4, -0.2) is 25.1 Å². The number of pyridine rings is 1. The maximum absolute atomic E-state index is 11.9. The molecule has 1 aromatic heterocycles. The average Bonchev–Trinajstić information content (AvgIpc) is 2.58. The van der Waals surface area contributed by atoms with Crippen molar-refractivity contribution in [2.24, 2.45) is 0 Å². The zero-order valence-electron chi connectivity index (χ0n) is 12.6. The van der Waals surface area contributed by atoms with Crippen LogP contribution in [0, 0.1) is 0 Å². The van der Waals surface area contributed by atoms with Crippen molar-refractivity contribution in [2.75, 3.05) is 14.2 Å². The summed E-state index contributed by atoms with van der Waals surface area (Å²) < 4.78 is 10.6. The predicted octanol–water partition coefficient (Wildman–Crippen LogP) is 2.43. The highest BCUT2D eigenvalue weighted by molar-refractivity contribution is 5.92. The van der Waals surface area contributed by atoms with E-state index in [-0.39, 0.29) is 5.91 Å². The number of hydrogen-bond acceptors (Lipinski definition) is 4. The Kier molecular flexibility index (Phi) is 5.54. The van der Waals surface area contributed by atoms with E-state index in [0.29, 0.717) is 18.0 Å². The van der Waals surface area contributed by atoms with Gasteiger partial charge in [-0.3, -0.25) is 9.78 Å². The molecule has 22 heavy (non-hydrogen) atoms. The molecule has 0 radical (unpaired) electrons. The topological polar surface area (TPSA) is 60.5 Å². The fourth-order valence-electron chi connectivity index (χ4n) is 1.95. The molecule has 1 N–H and O–H groups in total. The Morgan fingerprint density at radius 2 is 1.91 bits per heavy atom. The lowest BCUT2D eigenvalue weighted by atomic mass is 10.1. The molecule has 1 aromatic carbocycles. The van der Waals surface area contributed by atoms with Crippen molar-refractivity contribution in [3.63, 3.8) is 0 Å². The van der Waals surface area contributed by atoms with Crippen LogP contribution in [0.25, 0.3) is 6.08 Å². The molecule has 0 aliphatic carbocycles. The molecule has 2 aromatic rings. The van der Waals surface area contributed by atoms with Crippen LogP contribution < -0.4 is 14.8 Å². The number of nitrogens with zero attached hydrogens (tertiary/aromatic N) is 1. The Bertz CT molecular complexity index is 632. The second kappa shape index (κ2) is 7.83. The lowest BCUT2D eigenvalue weighted by Gasteiger charge is -2.09. The van der Waals surface area contributed by atoms with Crippen molar-refractivity contribution in [2.45, 2.75) is 6.54 Å². The summed E-state index contributed by atoms with van der Waals surface area (Å²) in [4.78, 5) is 15.9. The van der Waals surface area contributed by atoms with Crippen LogP contribution in [0.3, 0.4) is 0 Å². The van der Waals surface area contributed by atoms with E-state index in [2.05, 4.69) is 10.3 Å². The molecule has 0 atom stereocenters. The normalized spacial score (nSPS) is 10.5. The maximum Gasteiger partial charge on any atom is 0.244 e. The highest BCUT2D eigenvalue weighted by Gasteiger charge is 2.07. The maximum atomic E-state index is 11.9. The van der Waals surface area contributed by atoms with Crippen LogP contribution >= 0.6 is 0 Å². The van der Waals surface area contributed by atoms with Crippen molar-refractivity contribution in [1.82, 2.24) is 10.3 Å². The zero-order chi connectivity index (χ0) is 15.8. The van der Waals surface area contributed by atoms with E-state index in [1.54, 1.807) is 32.7 Å². The van der Waals surface area contributed by atoms with E-state index in [1.807, 2.05) is 30.3 Å². The summed E-state index contributed by atoms with van der Waals surface area (Å²) in [5.41, 5.74) is 1.67. The molecule has 1 heterocycles. The van der Waals surface area contributed by atoms with Crippen LogP contribution in [-0.2, 0) is 11.3 Å². The minimum absolute atomic E-state index is 0.197. The first-order valence-corrected chi connectivity index (χ1v) is 6.80. The molecule has 5 heteroatoms. The Labute approximate surface area is 129 Å². The van der Waals surface area contributed by atoms with Gasteiger partial charge in [0.15, 0.2) is 0 Å². The molecule has 5 nitrogen and oxygen atoms in total. The first-order chi connectivity index (χ1) is 10.7. The number of carbonyl (C=O) groups excluding carboxylic acids is 1. The summed E-state index contributed by atoms with van der Waals surface area (Å²) in [6, 6.07) is 9.19. The third-order valence-corrected chi connectivity index (χ3v) is 3.06. The molecule has 0 aliphatic rings. The summed E-state index contributed by atoms with van der Waals surface area (Å²) in [6.07, 6.45) is 6.54. The number of ether oxygens (including phenoxy) is 2. The lowest BCUT2D eigenvalue weighted by Crippen LogP contribution is -2.20. The molecule has 0 bridgehead atoms. The number of aromatic nitrogens is 1. The second-order valence-electron chi connectivity index (χ2n) is 4.49. The largest absolute Gasteiger partial charge is 0.496 e. The molecule has 2 rings (SSSR count). The number of nitrogens with one attached hydrogen (secondary N) is 1. The fraction of sp³-hybridized carbons (Fsp3) is 0.176. The van der Waals surface area contributed by atoms with Gasteiger partial charge in [-0.25, -0.2) is 0 Å². The smallest absolute Gasteiger partial charge is 0.244 e. The number of amides is 1. The molecular weight excluding hydrogens is 280 g/mol. The molecule has 0 saturated carbocycles. The number of carbonyl (C=O) groups is 1. The van der Waals surface area contributed by atoms with Gasteiger partial charge in [0.2, 0.25) is 5.91 Å². The van der Waals surface area contributed by atoms with Gasteiger partial charge in [-0.1, -0.05) is 12.1 Å². The Morgan fingerprint density at radius 1 is 1.18 bits per heavy atom. The number of methoxy groups -OCH3 is 2.